The van der Waals surface area contributed by atoms with E-state index in [1.54, 1.807) is 0 Å². The van der Waals surface area contributed by atoms with Gasteiger partial charge < -0.3 is 11.5 Å². The number of hydrogen-bond donors (Lipinski definition) is 2. The lowest BCUT2D eigenvalue weighted by molar-refractivity contribution is 0.499. The van der Waals surface area contributed by atoms with Gasteiger partial charge in [-0.3, -0.25) is 0 Å². The fraction of sp³-hybridized carbons (Fsp3) is 0.333. The predicted octanol–water partition coefficient (Wildman–Crippen LogP) is 1.23. The summed E-state index contributed by atoms with van der Waals surface area (Å²) in [7, 11) is 0. The summed E-state index contributed by atoms with van der Waals surface area (Å²) in [5.74, 6) is -1.70. The Hall–Kier alpha value is -1.00. The maximum Gasteiger partial charge on any atom is 0.162 e. The van der Waals surface area contributed by atoms with E-state index in [1.807, 2.05) is 0 Å². The van der Waals surface area contributed by atoms with E-state index in [-0.39, 0.29) is 12.1 Å². The smallest absolute Gasteiger partial charge is 0.162 e. The first-order chi connectivity index (χ1) is 6.07. The zero-order valence-electron chi connectivity index (χ0n) is 7.35. The van der Waals surface area contributed by atoms with Crippen molar-refractivity contribution in [2.45, 2.75) is 13.0 Å². The van der Waals surface area contributed by atoms with Gasteiger partial charge in [0, 0.05) is 12.6 Å². The highest BCUT2D eigenvalue weighted by atomic mass is 19.2. The molecule has 0 aliphatic heterocycles. The summed E-state index contributed by atoms with van der Waals surface area (Å²) in [6.07, 6.45) is 0. The summed E-state index contributed by atoms with van der Waals surface area (Å²) < 4.78 is 25.7. The van der Waals surface area contributed by atoms with Crippen LogP contribution >= 0.6 is 0 Å². The Morgan fingerprint density at radius 1 is 1.38 bits per heavy atom. The molecule has 1 atom stereocenters. The van der Waals surface area contributed by atoms with Crippen LogP contribution in [0.1, 0.15) is 17.2 Å². The third-order valence-corrected chi connectivity index (χ3v) is 2.03. The molecule has 0 aliphatic carbocycles. The Bertz CT molecular complexity index is 313. The van der Waals surface area contributed by atoms with Crippen molar-refractivity contribution < 1.29 is 8.78 Å². The lowest BCUT2D eigenvalue weighted by Gasteiger charge is -2.12. The molecule has 0 radical (unpaired) electrons. The van der Waals surface area contributed by atoms with Crippen LogP contribution in [0.3, 0.4) is 0 Å². The molecule has 0 aromatic heterocycles. The summed E-state index contributed by atoms with van der Waals surface area (Å²) in [6, 6.07) is 2.09. The van der Waals surface area contributed by atoms with E-state index in [0.717, 1.165) is 6.07 Å². The maximum atomic E-state index is 13.0. The van der Waals surface area contributed by atoms with Crippen LogP contribution < -0.4 is 11.5 Å². The molecule has 0 bridgehead atoms. The maximum absolute atomic E-state index is 13.0. The monoisotopic (exact) mass is 186 g/mol. The molecule has 1 unspecified atom stereocenters. The first-order valence-electron chi connectivity index (χ1n) is 3.98. The van der Waals surface area contributed by atoms with Crippen molar-refractivity contribution in [3.05, 3.63) is 34.9 Å². The van der Waals surface area contributed by atoms with Crippen molar-refractivity contribution in [3.8, 4) is 0 Å². The fourth-order valence-electron chi connectivity index (χ4n) is 1.20. The minimum Gasteiger partial charge on any atom is -0.329 e. The molecule has 1 aromatic carbocycles. The number of benzene rings is 1. The van der Waals surface area contributed by atoms with Crippen LogP contribution in [0.2, 0.25) is 0 Å². The second-order valence-electron chi connectivity index (χ2n) is 2.92. The van der Waals surface area contributed by atoms with Crippen molar-refractivity contribution in [2.75, 3.05) is 6.54 Å². The van der Waals surface area contributed by atoms with E-state index >= 15 is 0 Å². The second kappa shape index (κ2) is 3.81. The molecule has 0 aliphatic rings. The first-order valence-corrected chi connectivity index (χ1v) is 3.98. The lowest BCUT2D eigenvalue weighted by Crippen LogP contribution is -2.22. The molecule has 2 nitrogen and oxygen atoms in total. The fourth-order valence-corrected chi connectivity index (χ4v) is 1.20. The van der Waals surface area contributed by atoms with Gasteiger partial charge in [0.05, 0.1) is 0 Å². The molecule has 4 N–H and O–H groups in total. The predicted molar refractivity (Wildman–Crippen MR) is 47.1 cm³/mol. The van der Waals surface area contributed by atoms with Crippen LogP contribution in [0.25, 0.3) is 0 Å². The van der Waals surface area contributed by atoms with Crippen molar-refractivity contribution in [1.82, 2.24) is 0 Å². The molecule has 0 spiro atoms. The average molecular weight is 186 g/mol. The van der Waals surface area contributed by atoms with Crippen LogP contribution in [-0.2, 0) is 0 Å². The Morgan fingerprint density at radius 3 is 2.54 bits per heavy atom. The number of nitrogens with two attached hydrogens (primary N) is 2. The molecule has 0 saturated heterocycles. The molecule has 0 amide bonds. The van der Waals surface area contributed by atoms with Gasteiger partial charge in [-0.15, -0.1) is 0 Å². The van der Waals surface area contributed by atoms with Crippen molar-refractivity contribution in [2.24, 2.45) is 11.5 Å². The highest BCUT2D eigenvalue weighted by molar-refractivity contribution is 5.30. The number of rotatable bonds is 2. The Balaban J connectivity index is 3.18. The third kappa shape index (κ3) is 1.84. The average Bonchev–Trinajstić information content (AvgIpc) is 2.13. The molecule has 1 rings (SSSR count). The van der Waals surface area contributed by atoms with Crippen LogP contribution in [0.15, 0.2) is 12.1 Å². The Morgan fingerprint density at radius 2 is 2.00 bits per heavy atom. The van der Waals surface area contributed by atoms with Crippen molar-refractivity contribution in [1.29, 1.82) is 0 Å². The molecule has 72 valence electrons. The van der Waals surface area contributed by atoms with Crippen LogP contribution in [0.5, 0.6) is 0 Å². The van der Waals surface area contributed by atoms with E-state index in [0.29, 0.717) is 5.56 Å². The van der Waals surface area contributed by atoms with Crippen LogP contribution in [0, 0.1) is 18.6 Å². The topological polar surface area (TPSA) is 52.0 Å². The molecule has 13 heavy (non-hydrogen) atoms. The number of halogens is 2. The van der Waals surface area contributed by atoms with Crippen molar-refractivity contribution >= 4 is 0 Å². The van der Waals surface area contributed by atoms with E-state index < -0.39 is 17.7 Å². The molecule has 4 heteroatoms. The van der Waals surface area contributed by atoms with Gasteiger partial charge in [-0.25, -0.2) is 8.78 Å². The van der Waals surface area contributed by atoms with Gasteiger partial charge in [0.2, 0.25) is 0 Å². The molecule has 1 aromatic rings. The molecule has 0 heterocycles. The lowest BCUT2D eigenvalue weighted by atomic mass is 10.0. The Labute approximate surface area is 75.5 Å². The van der Waals surface area contributed by atoms with Gasteiger partial charge in [0.15, 0.2) is 11.6 Å². The standard InChI is InChI=1S/C9H12F2N2/c1-5-6(8(13)4-12)2-3-7(10)9(5)11/h2-3,8H,4,12-13H2,1H3. The van der Waals surface area contributed by atoms with Crippen molar-refractivity contribution in [3.63, 3.8) is 0 Å². The molecular weight excluding hydrogens is 174 g/mol. The highest BCUT2D eigenvalue weighted by Crippen LogP contribution is 2.19. The van der Waals surface area contributed by atoms with E-state index in [4.69, 9.17) is 11.5 Å². The van der Waals surface area contributed by atoms with E-state index in [9.17, 15) is 8.78 Å². The van der Waals surface area contributed by atoms with Gasteiger partial charge in [-0.2, -0.15) is 0 Å². The van der Waals surface area contributed by atoms with Gasteiger partial charge in [0.1, 0.15) is 0 Å². The quantitative estimate of drug-likeness (QED) is 0.729. The Kier molecular flexibility index (Phi) is 2.95. The second-order valence-corrected chi connectivity index (χ2v) is 2.92. The summed E-state index contributed by atoms with van der Waals surface area (Å²) >= 11 is 0. The van der Waals surface area contributed by atoms with Gasteiger partial charge >= 0.3 is 0 Å². The zero-order valence-corrected chi connectivity index (χ0v) is 7.35. The summed E-state index contributed by atoms with van der Waals surface area (Å²) in [5, 5.41) is 0. The highest BCUT2D eigenvalue weighted by Gasteiger charge is 2.13. The summed E-state index contributed by atoms with van der Waals surface area (Å²) in [4.78, 5) is 0. The first kappa shape index (κ1) is 10.1. The molecule has 0 saturated carbocycles. The zero-order chi connectivity index (χ0) is 10.0. The van der Waals surface area contributed by atoms with E-state index in [1.165, 1.54) is 13.0 Å². The van der Waals surface area contributed by atoms with Crippen LogP contribution in [-0.4, -0.2) is 6.54 Å². The van der Waals surface area contributed by atoms with E-state index in [2.05, 4.69) is 0 Å². The number of hydrogen-bond acceptors (Lipinski definition) is 2. The van der Waals surface area contributed by atoms with Gasteiger partial charge in [-0.1, -0.05) is 6.07 Å². The van der Waals surface area contributed by atoms with Gasteiger partial charge in [0.25, 0.3) is 0 Å². The SMILES string of the molecule is Cc1c(C(N)CN)ccc(F)c1F. The summed E-state index contributed by atoms with van der Waals surface area (Å²) in [6.45, 7) is 1.70. The minimum absolute atomic E-state index is 0.214. The third-order valence-electron chi connectivity index (χ3n) is 2.03. The normalized spacial score (nSPS) is 13.0. The van der Waals surface area contributed by atoms with Crippen LogP contribution in [0.4, 0.5) is 8.78 Å². The summed E-state index contributed by atoms with van der Waals surface area (Å²) in [5.41, 5.74) is 11.7. The molecular formula is C9H12F2N2. The van der Waals surface area contributed by atoms with Gasteiger partial charge in [-0.05, 0) is 24.1 Å². The largest absolute Gasteiger partial charge is 0.329 e. The molecule has 0 fully saturated rings. The minimum atomic E-state index is -0.856.